The van der Waals surface area contributed by atoms with E-state index < -0.39 is 12.1 Å². The minimum Gasteiger partial charge on any atom is -0.481 e. The molecule has 0 bridgehead atoms. The predicted molar refractivity (Wildman–Crippen MR) is 134 cm³/mol. The molecule has 1 atom stereocenters. The first-order chi connectivity index (χ1) is 16.2. The van der Waals surface area contributed by atoms with Gasteiger partial charge in [0.2, 0.25) is 0 Å². The number of hydrogen-bond donors (Lipinski definition) is 2. The predicted octanol–water partition coefficient (Wildman–Crippen LogP) is 5.85. The number of nitrogens with one attached hydrogen (secondary N) is 2. The van der Waals surface area contributed by atoms with Gasteiger partial charge in [0.15, 0.2) is 6.10 Å². The summed E-state index contributed by atoms with van der Waals surface area (Å²) in [5.74, 6) is -0.770. The van der Waals surface area contributed by atoms with Crippen LogP contribution in [0.25, 0.3) is 0 Å². The fourth-order valence-corrected chi connectivity index (χ4v) is 4.31. The summed E-state index contributed by atoms with van der Waals surface area (Å²) in [6.07, 6.45) is -0.792. The number of hydrogen-bond acceptors (Lipinski definition) is 6. The Kier molecular flexibility index (Phi) is 8.31. The van der Waals surface area contributed by atoms with Gasteiger partial charge in [-0.2, -0.15) is 0 Å². The zero-order valence-electron chi connectivity index (χ0n) is 19.2. The van der Waals surface area contributed by atoms with E-state index >= 15 is 0 Å². The van der Waals surface area contributed by atoms with Crippen molar-refractivity contribution in [3.05, 3.63) is 75.1 Å². The average Bonchev–Trinajstić information content (AvgIpc) is 3.08. The van der Waals surface area contributed by atoms with Crippen LogP contribution in [-0.2, 0) is 9.53 Å². The molecule has 0 fully saturated rings. The van der Waals surface area contributed by atoms with Crippen molar-refractivity contribution in [1.82, 2.24) is 0 Å². The smallest absolute Gasteiger partial charge is 0.341 e. The lowest BCUT2D eigenvalue weighted by Crippen LogP contribution is -2.30. The largest absolute Gasteiger partial charge is 0.481 e. The second kappa shape index (κ2) is 11.2. The van der Waals surface area contributed by atoms with Crippen LogP contribution in [0.15, 0.2) is 48.5 Å². The molecule has 0 saturated heterocycles. The Morgan fingerprint density at radius 1 is 1.03 bits per heavy atom. The summed E-state index contributed by atoms with van der Waals surface area (Å²) >= 11 is 7.40. The number of ether oxygens (including phenoxy) is 2. The Balaban J connectivity index is 1.65. The molecule has 34 heavy (non-hydrogen) atoms. The van der Waals surface area contributed by atoms with E-state index in [1.807, 2.05) is 13.8 Å². The monoisotopic (exact) mass is 500 g/mol. The van der Waals surface area contributed by atoms with Gasteiger partial charge in [-0.05, 0) is 69.7 Å². The van der Waals surface area contributed by atoms with E-state index in [-0.39, 0.29) is 18.4 Å². The molecule has 0 aliphatic heterocycles. The number of carbonyl (C=O) groups is 3. The highest BCUT2D eigenvalue weighted by Crippen LogP contribution is 2.33. The summed E-state index contributed by atoms with van der Waals surface area (Å²) < 4.78 is 10.8. The zero-order valence-corrected chi connectivity index (χ0v) is 20.8. The molecule has 0 radical (unpaired) electrons. The number of anilines is 2. The topological polar surface area (TPSA) is 93.7 Å². The zero-order chi connectivity index (χ0) is 24.8. The molecule has 9 heteroatoms. The Morgan fingerprint density at radius 2 is 1.71 bits per heavy atom. The minimum absolute atomic E-state index is 0.247. The fraction of sp³-hybridized carbons (Fsp3) is 0.240. The van der Waals surface area contributed by atoms with E-state index in [4.69, 9.17) is 21.1 Å². The molecular weight excluding hydrogens is 476 g/mol. The van der Waals surface area contributed by atoms with E-state index in [2.05, 4.69) is 10.6 Å². The number of aryl methyl sites for hydroxylation is 1. The van der Waals surface area contributed by atoms with Crippen LogP contribution < -0.4 is 15.4 Å². The van der Waals surface area contributed by atoms with Gasteiger partial charge in [-0.15, -0.1) is 11.3 Å². The molecule has 2 N–H and O–H groups in total. The maximum atomic E-state index is 12.8. The minimum atomic E-state index is -0.792. The fourth-order valence-electron chi connectivity index (χ4n) is 3.08. The van der Waals surface area contributed by atoms with Crippen molar-refractivity contribution in [3.8, 4) is 5.75 Å². The number of para-hydroxylation sites is 1. The lowest BCUT2D eigenvalue weighted by molar-refractivity contribution is -0.122. The van der Waals surface area contributed by atoms with Gasteiger partial charge < -0.3 is 20.1 Å². The number of thiophene rings is 1. The summed E-state index contributed by atoms with van der Waals surface area (Å²) in [6.45, 7) is 7.30. The van der Waals surface area contributed by atoms with Gasteiger partial charge in [-0.3, -0.25) is 9.59 Å². The Bertz CT molecular complexity index is 1210. The normalized spacial score (nSPS) is 11.4. The number of esters is 1. The third-order valence-corrected chi connectivity index (χ3v) is 6.47. The van der Waals surface area contributed by atoms with E-state index in [9.17, 15) is 14.4 Å². The third kappa shape index (κ3) is 5.95. The van der Waals surface area contributed by atoms with Crippen molar-refractivity contribution in [3.63, 3.8) is 0 Å². The van der Waals surface area contributed by atoms with Gasteiger partial charge in [-0.25, -0.2) is 4.79 Å². The van der Waals surface area contributed by atoms with Crippen molar-refractivity contribution in [2.24, 2.45) is 0 Å². The molecule has 1 aromatic heterocycles. The van der Waals surface area contributed by atoms with Gasteiger partial charge in [0, 0.05) is 10.4 Å². The highest BCUT2D eigenvalue weighted by Gasteiger charge is 2.22. The standard InChI is InChI=1S/C25H25ClN2O5S/c1-5-32-25(31)21-14(2)16(4)34-24(21)28-23(30)17-10-12-18(13-11-17)33-15(3)22(29)27-20-9-7-6-8-19(20)26/h6-13,15H,5H2,1-4H3,(H,27,29)(H,28,30)/t15-/m1/s1. The molecule has 2 aromatic carbocycles. The number of benzene rings is 2. The Hall–Kier alpha value is -3.36. The summed E-state index contributed by atoms with van der Waals surface area (Å²) in [7, 11) is 0. The lowest BCUT2D eigenvalue weighted by Gasteiger charge is -2.15. The number of amides is 2. The first-order valence-corrected chi connectivity index (χ1v) is 11.8. The van der Waals surface area contributed by atoms with Gasteiger partial charge in [0.25, 0.3) is 11.8 Å². The summed E-state index contributed by atoms with van der Waals surface area (Å²) in [5, 5.41) is 6.40. The van der Waals surface area contributed by atoms with Crippen LogP contribution in [-0.4, -0.2) is 30.5 Å². The van der Waals surface area contributed by atoms with Crippen LogP contribution >= 0.6 is 22.9 Å². The Labute approximate surface area is 207 Å². The molecule has 2 amide bonds. The molecular formula is C25H25ClN2O5S. The second-order valence-corrected chi connectivity index (χ2v) is 9.05. The van der Waals surface area contributed by atoms with E-state index in [0.29, 0.717) is 32.6 Å². The van der Waals surface area contributed by atoms with Crippen LogP contribution in [0.5, 0.6) is 5.75 Å². The molecule has 1 heterocycles. The maximum absolute atomic E-state index is 12.8. The summed E-state index contributed by atoms with van der Waals surface area (Å²) in [4.78, 5) is 38.4. The molecule has 3 aromatic rings. The number of rotatable bonds is 8. The lowest BCUT2D eigenvalue weighted by atomic mass is 10.1. The first-order valence-electron chi connectivity index (χ1n) is 10.6. The maximum Gasteiger partial charge on any atom is 0.341 e. The second-order valence-electron chi connectivity index (χ2n) is 7.42. The number of halogens is 1. The van der Waals surface area contributed by atoms with Gasteiger partial charge in [0.1, 0.15) is 10.8 Å². The average molecular weight is 501 g/mol. The summed E-state index contributed by atoms with van der Waals surface area (Å²) in [5.41, 5.74) is 2.03. The van der Waals surface area contributed by atoms with Crippen LogP contribution in [0.1, 0.15) is 45.0 Å². The molecule has 0 aliphatic rings. The van der Waals surface area contributed by atoms with Crippen molar-refractivity contribution < 1.29 is 23.9 Å². The van der Waals surface area contributed by atoms with Crippen LogP contribution in [0.3, 0.4) is 0 Å². The van der Waals surface area contributed by atoms with Gasteiger partial charge in [-0.1, -0.05) is 23.7 Å². The number of carbonyl (C=O) groups excluding carboxylic acids is 3. The van der Waals surface area contributed by atoms with E-state index in [1.165, 1.54) is 11.3 Å². The highest BCUT2D eigenvalue weighted by molar-refractivity contribution is 7.16. The van der Waals surface area contributed by atoms with Gasteiger partial charge in [0.05, 0.1) is 22.9 Å². The van der Waals surface area contributed by atoms with Crippen LogP contribution in [0.2, 0.25) is 5.02 Å². The molecule has 0 unspecified atom stereocenters. The molecule has 0 aliphatic carbocycles. The van der Waals surface area contributed by atoms with Gasteiger partial charge >= 0.3 is 5.97 Å². The quantitative estimate of drug-likeness (QED) is 0.378. The molecule has 7 nitrogen and oxygen atoms in total. The van der Waals surface area contributed by atoms with Crippen molar-refractivity contribution in [2.75, 3.05) is 17.2 Å². The summed E-state index contributed by atoms with van der Waals surface area (Å²) in [6, 6.07) is 13.3. The SMILES string of the molecule is CCOC(=O)c1c(NC(=O)c2ccc(O[C@H](C)C(=O)Nc3ccccc3Cl)cc2)sc(C)c1C. The molecule has 3 rings (SSSR count). The molecule has 0 saturated carbocycles. The first kappa shape index (κ1) is 25.3. The molecule has 0 spiro atoms. The molecule has 178 valence electrons. The van der Waals surface area contributed by atoms with Crippen molar-refractivity contribution >= 4 is 51.4 Å². The Morgan fingerprint density at radius 3 is 2.35 bits per heavy atom. The highest BCUT2D eigenvalue weighted by atomic mass is 35.5. The third-order valence-electron chi connectivity index (χ3n) is 5.02. The van der Waals surface area contributed by atoms with Crippen LogP contribution in [0, 0.1) is 13.8 Å². The van der Waals surface area contributed by atoms with Crippen molar-refractivity contribution in [2.45, 2.75) is 33.8 Å². The van der Waals surface area contributed by atoms with Crippen molar-refractivity contribution in [1.29, 1.82) is 0 Å². The van der Waals surface area contributed by atoms with Crippen LogP contribution in [0.4, 0.5) is 10.7 Å². The van der Waals surface area contributed by atoms with E-state index in [1.54, 1.807) is 62.4 Å². The van der Waals surface area contributed by atoms with E-state index in [0.717, 1.165) is 10.4 Å².